The van der Waals surface area contributed by atoms with Crippen molar-refractivity contribution in [3.8, 4) is 0 Å². The molecule has 0 aromatic heterocycles. The molecule has 1 aliphatic rings. The third kappa shape index (κ3) is 3.23. The predicted molar refractivity (Wildman–Crippen MR) is 68.8 cm³/mol. The van der Waals surface area contributed by atoms with E-state index in [2.05, 4.69) is 0 Å². The topological polar surface area (TPSA) is 49.8 Å². The van der Waals surface area contributed by atoms with E-state index in [-0.39, 0.29) is 11.9 Å². The average Bonchev–Trinajstić information content (AvgIpc) is 2.38. The van der Waals surface area contributed by atoms with Crippen LogP contribution in [0.4, 0.5) is 4.39 Å². The SMILES string of the molecule is CC(c1ccc(F)cc1Cl)N1CCOC(C(=O)O)C1. The fourth-order valence-corrected chi connectivity index (χ4v) is 2.53. The molecule has 1 heterocycles. The number of carboxylic acid groups (broad SMARTS) is 1. The molecule has 1 saturated heterocycles. The third-order valence-corrected chi connectivity index (χ3v) is 3.66. The Morgan fingerprint density at radius 1 is 1.63 bits per heavy atom. The highest BCUT2D eigenvalue weighted by molar-refractivity contribution is 6.31. The molecule has 2 unspecified atom stereocenters. The first-order chi connectivity index (χ1) is 8.99. The van der Waals surface area contributed by atoms with Gasteiger partial charge in [0.05, 0.1) is 6.61 Å². The Labute approximate surface area is 115 Å². The highest BCUT2D eigenvalue weighted by atomic mass is 35.5. The zero-order valence-electron chi connectivity index (χ0n) is 10.5. The lowest BCUT2D eigenvalue weighted by Gasteiger charge is -2.35. The summed E-state index contributed by atoms with van der Waals surface area (Å²) in [6.45, 7) is 3.20. The largest absolute Gasteiger partial charge is 0.479 e. The molecular formula is C13H15ClFNO3. The summed E-state index contributed by atoms with van der Waals surface area (Å²) in [5.41, 5.74) is 0.786. The third-order valence-electron chi connectivity index (χ3n) is 3.33. The molecule has 4 nitrogen and oxygen atoms in total. The smallest absolute Gasteiger partial charge is 0.334 e. The molecule has 1 N–H and O–H groups in total. The number of benzene rings is 1. The number of carbonyl (C=O) groups is 1. The van der Waals surface area contributed by atoms with Crippen molar-refractivity contribution < 1.29 is 19.0 Å². The Hall–Kier alpha value is -1.17. The summed E-state index contributed by atoms with van der Waals surface area (Å²) in [5.74, 6) is -1.35. The van der Waals surface area contributed by atoms with Crippen LogP contribution in [0.3, 0.4) is 0 Å². The molecule has 19 heavy (non-hydrogen) atoms. The standard InChI is InChI=1S/C13H15ClFNO3/c1-8(10-3-2-9(15)6-11(10)14)16-4-5-19-12(7-16)13(17)18/h2-3,6,8,12H,4-5,7H2,1H3,(H,17,18). The maximum Gasteiger partial charge on any atom is 0.334 e. The Balaban J connectivity index is 2.14. The van der Waals surface area contributed by atoms with Gasteiger partial charge < -0.3 is 9.84 Å². The molecule has 0 saturated carbocycles. The molecule has 2 atom stereocenters. The van der Waals surface area contributed by atoms with Crippen molar-refractivity contribution in [3.05, 3.63) is 34.6 Å². The van der Waals surface area contributed by atoms with E-state index < -0.39 is 12.1 Å². The molecule has 0 radical (unpaired) electrons. The minimum absolute atomic E-state index is 0.0844. The normalized spacial score (nSPS) is 22.2. The first-order valence-corrected chi connectivity index (χ1v) is 6.40. The van der Waals surface area contributed by atoms with Gasteiger partial charge in [-0.3, -0.25) is 4.90 Å². The number of nitrogens with zero attached hydrogens (tertiary/aromatic N) is 1. The first kappa shape index (κ1) is 14.2. The molecule has 2 rings (SSSR count). The van der Waals surface area contributed by atoms with Crippen LogP contribution in [0.15, 0.2) is 18.2 Å². The zero-order valence-corrected chi connectivity index (χ0v) is 11.2. The van der Waals surface area contributed by atoms with Crippen LogP contribution >= 0.6 is 11.6 Å². The number of morpholine rings is 1. The number of aliphatic carboxylic acids is 1. The van der Waals surface area contributed by atoms with Gasteiger partial charge in [-0.25, -0.2) is 9.18 Å². The van der Waals surface area contributed by atoms with Gasteiger partial charge in [-0.15, -0.1) is 0 Å². The molecule has 1 aromatic rings. The lowest BCUT2D eigenvalue weighted by atomic mass is 10.1. The van der Waals surface area contributed by atoms with Gasteiger partial charge in [0.25, 0.3) is 0 Å². The van der Waals surface area contributed by atoms with Crippen molar-refractivity contribution in [3.63, 3.8) is 0 Å². The molecule has 0 bridgehead atoms. The molecule has 1 aromatic carbocycles. The summed E-state index contributed by atoms with van der Waals surface area (Å²) in [6.07, 6.45) is -0.824. The lowest BCUT2D eigenvalue weighted by Crippen LogP contribution is -2.46. The zero-order chi connectivity index (χ0) is 14.0. The molecule has 0 amide bonds. The molecule has 1 fully saturated rings. The van der Waals surface area contributed by atoms with Crippen LogP contribution in [0.1, 0.15) is 18.5 Å². The van der Waals surface area contributed by atoms with Crippen molar-refractivity contribution in [1.29, 1.82) is 0 Å². The second-order valence-electron chi connectivity index (χ2n) is 4.53. The number of ether oxygens (including phenoxy) is 1. The second kappa shape index (κ2) is 5.86. The van der Waals surface area contributed by atoms with Gasteiger partial charge in [0, 0.05) is 24.2 Å². The van der Waals surface area contributed by atoms with E-state index in [1.54, 1.807) is 6.07 Å². The average molecular weight is 288 g/mol. The monoisotopic (exact) mass is 287 g/mol. The molecule has 0 spiro atoms. The van der Waals surface area contributed by atoms with Gasteiger partial charge in [0.1, 0.15) is 5.82 Å². The van der Waals surface area contributed by atoms with Crippen molar-refractivity contribution in [1.82, 2.24) is 4.90 Å². The summed E-state index contributed by atoms with van der Waals surface area (Å²) < 4.78 is 18.2. The highest BCUT2D eigenvalue weighted by Crippen LogP contribution is 2.29. The summed E-state index contributed by atoms with van der Waals surface area (Å²) in [4.78, 5) is 12.9. The van der Waals surface area contributed by atoms with E-state index >= 15 is 0 Å². The minimum atomic E-state index is -0.970. The number of halogens is 2. The summed E-state index contributed by atoms with van der Waals surface area (Å²) in [5, 5.41) is 9.32. The van der Waals surface area contributed by atoms with Crippen molar-refractivity contribution in [2.24, 2.45) is 0 Å². The van der Waals surface area contributed by atoms with E-state index in [0.29, 0.717) is 24.7 Å². The first-order valence-electron chi connectivity index (χ1n) is 6.02. The number of carboxylic acids is 1. The van der Waals surface area contributed by atoms with Crippen LogP contribution < -0.4 is 0 Å². The molecule has 1 aliphatic heterocycles. The second-order valence-corrected chi connectivity index (χ2v) is 4.94. The van der Waals surface area contributed by atoms with E-state index in [0.717, 1.165) is 5.56 Å². The Morgan fingerprint density at radius 2 is 2.37 bits per heavy atom. The quantitative estimate of drug-likeness (QED) is 0.927. The lowest BCUT2D eigenvalue weighted by molar-refractivity contribution is -0.157. The Bertz CT molecular complexity index is 483. The molecule has 104 valence electrons. The fraction of sp³-hybridized carbons (Fsp3) is 0.462. The number of hydrogen-bond donors (Lipinski definition) is 1. The van der Waals surface area contributed by atoms with Crippen LogP contribution in [-0.2, 0) is 9.53 Å². The van der Waals surface area contributed by atoms with Gasteiger partial charge in [-0.05, 0) is 24.6 Å². The fourth-order valence-electron chi connectivity index (χ4n) is 2.21. The molecule has 0 aliphatic carbocycles. The molecular weight excluding hydrogens is 273 g/mol. The highest BCUT2D eigenvalue weighted by Gasteiger charge is 2.29. The van der Waals surface area contributed by atoms with Crippen LogP contribution in [-0.4, -0.2) is 41.8 Å². The molecule has 6 heteroatoms. The summed E-state index contributed by atoms with van der Waals surface area (Å²) in [7, 11) is 0. The van der Waals surface area contributed by atoms with Crippen molar-refractivity contribution in [2.45, 2.75) is 19.1 Å². The Kier molecular flexibility index (Phi) is 4.39. The van der Waals surface area contributed by atoms with Gasteiger partial charge in [-0.2, -0.15) is 0 Å². The van der Waals surface area contributed by atoms with Gasteiger partial charge >= 0.3 is 5.97 Å². The van der Waals surface area contributed by atoms with Crippen LogP contribution in [0, 0.1) is 5.82 Å². The van der Waals surface area contributed by atoms with Crippen molar-refractivity contribution >= 4 is 17.6 Å². The Morgan fingerprint density at radius 3 is 3.00 bits per heavy atom. The van der Waals surface area contributed by atoms with Crippen molar-refractivity contribution in [2.75, 3.05) is 19.7 Å². The summed E-state index contributed by atoms with van der Waals surface area (Å²) in [6, 6.07) is 4.17. The van der Waals surface area contributed by atoms with Crippen LogP contribution in [0.25, 0.3) is 0 Å². The maximum atomic E-state index is 13.0. The van der Waals surface area contributed by atoms with E-state index in [4.69, 9.17) is 21.4 Å². The maximum absolute atomic E-state index is 13.0. The van der Waals surface area contributed by atoms with Gasteiger partial charge in [-0.1, -0.05) is 17.7 Å². The van der Waals surface area contributed by atoms with E-state index in [1.165, 1.54) is 12.1 Å². The van der Waals surface area contributed by atoms with E-state index in [1.807, 2.05) is 11.8 Å². The predicted octanol–water partition coefficient (Wildman–Crippen LogP) is 2.33. The van der Waals surface area contributed by atoms with E-state index in [9.17, 15) is 9.18 Å². The minimum Gasteiger partial charge on any atom is -0.479 e. The van der Waals surface area contributed by atoms with Crippen LogP contribution in [0.2, 0.25) is 5.02 Å². The van der Waals surface area contributed by atoms with Gasteiger partial charge in [0.15, 0.2) is 6.10 Å². The van der Waals surface area contributed by atoms with Crippen LogP contribution in [0.5, 0.6) is 0 Å². The number of rotatable bonds is 3. The van der Waals surface area contributed by atoms with Gasteiger partial charge in [0.2, 0.25) is 0 Å². The summed E-state index contributed by atoms with van der Waals surface area (Å²) >= 11 is 6.03. The number of hydrogen-bond acceptors (Lipinski definition) is 3.